The number of hydrogen-bond acceptors (Lipinski definition) is 6. The van der Waals surface area contributed by atoms with Crippen molar-refractivity contribution in [3.05, 3.63) is 94.4 Å². The van der Waals surface area contributed by atoms with Crippen LogP contribution in [0.5, 0.6) is 11.5 Å². The molecule has 2 heterocycles. The number of carbonyl (C=O) groups is 2. The number of hydrogen-bond donors (Lipinski definition) is 3. The second kappa shape index (κ2) is 9.65. The van der Waals surface area contributed by atoms with E-state index in [4.69, 9.17) is 4.74 Å². The zero-order valence-corrected chi connectivity index (χ0v) is 17.9. The number of aromatic amines is 1. The van der Waals surface area contributed by atoms with Crippen molar-refractivity contribution in [2.24, 2.45) is 0 Å². The summed E-state index contributed by atoms with van der Waals surface area (Å²) in [6.07, 6.45) is 6.09. The van der Waals surface area contributed by atoms with E-state index in [-0.39, 0.29) is 23.2 Å². The summed E-state index contributed by atoms with van der Waals surface area (Å²) in [4.78, 5) is 41.6. The summed E-state index contributed by atoms with van der Waals surface area (Å²) < 4.78 is 5.74. The largest absolute Gasteiger partial charge is 0.457 e. The second-order valence-corrected chi connectivity index (χ2v) is 7.14. The molecule has 0 bridgehead atoms. The van der Waals surface area contributed by atoms with E-state index in [1.165, 1.54) is 37.5 Å². The molecule has 34 heavy (non-hydrogen) atoms. The van der Waals surface area contributed by atoms with Crippen molar-refractivity contribution >= 4 is 40.2 Å². The van der Waals surface area contributed by atoms with Gasteiger partial charge in [-0.05, 0) is 42.5 Å². The first-order valence-corrected chi connectivity index (χ1v) is 10.1. The van der Waals surface area contributed by atoms with Gasteiger partial charge in [0.15, 0.2) is 0 Å². The summed E-state index contributed by atoms with van der Waals surface area (Å²) in [6, 6.07) is 14.4. The summed E-state index contributed by atoms with van der Waals surface area (Å²) in [6.45, 7) is 0. The third-order valence-electron chi connectivity index (χ3n) is 4.87. The molecule has 4 aromatic rings. The number of aromatic nitrogens is 2. The highest BCUT2D eigenvalue weighted by Gasteiger charge is 2.10. The van der Waals surface area contributed by atoms with Crippen LogP contribution >= 0.6 is 0 Å². The molecule has 4 rings (SSSR count). The van der Waals surface area contributed by atoms with E-state index < -0.39 is 4.92 Å². The second-order valence-electron chi connectivity index (χ2n) is 7.14. The fraction of sp³-hybridized carbons (Fsp3) is 0.0417. The molecule has 0 aliphatic heterocycles. The Morgan fingerprint density at radius 1 is 1.09 bits per heavy atom. The lowest BCUT2D eigenvalue weighted by molar-refractivity contribution is -0.384. The minimum atomic E-state index is -0.463. The Labute approximate surface area is 193 Å². The lowest BCUT2D eigenvalue weighted by atomic mass is 10.1. The van der Waals surface area contributed by atoms with Crippen LogP contribution in [0, 0.1) is 10.1 Å². The van der Waals surface area contributed by atoms with E-state index in [9.17, 15) is 19.7 Å². The van der Waals surface area contributed by atoms with Crippen LogP contribution in [-0.4, -0.2) is 33.8 Å². The fourth-order valence-corrected chi connectivity index (χ4v) is 3.20. The van der Waals surface area contributed by atoms with E-state index in [0.29, 0.717) is 28.1 Å². The van der Waals surface area contributed by atoms with Crippen LogP contribution in [-0.2, 0) is 4.79 Å². The molecule has 2 aromatic heterocycles. The van der Waals surface area contributed by atoms with Crippen LogP contribution in [0.1, 0.15) is 16.1 Å². The SMILES string of the molecule is CNC(=O)c1cc(Oc2ccc(NC(=O)C=Cc3c[nH]c4ccc([N+](=O)[O-])cc34)cc2)ccn1. The van der Waals surface area contributed by atoms with Crippen LogP contribution in [0.2, 0.25) is 0 Å². The van der Waals surface area contributed by atoms with E-state index in [1.54, 1.807) is 48.7 Å². The average Bonchev–Trinajstić information content (AvgIpc) is 3.26. The molecule has 0 saturated carbocycles. The highest BCUT2D eigenvalue weighted by molar-refractivity contribution is 6.03. The van der Waals surface area contributed by atoms with Gasteiger partial charge in [-0.25, -0.2) is 0 Å². The zero-order chi connectivity index (χ0) is 24.1. The molecule has 0 unspecified atom stereocenters. The van der Waals surface area contributed by atoms with Crippen LogP contribution in [0.15, 0.2) is 73.1 Å². The minimum absolute atomic E-state index is 0.0230. The summed E-state index contributed by atoms with van der Waals surface area (Å²) in [5.41, 5.74) is 2.16. The van der Waals surface area contributed by atoms with Gasteiger partial charge in [-0.1, -0.05) is 0 Å². The molecule has 0 atom stereocenters. The third-order valence-corrected chi connectivity index (χ3v) is 4.87. The Morgan fingerprint density at radius 2 is 1.88 bits per heavy atom. The number of fused-ring (bicyclic) bond motifs is 1. The fourth-order valence-electron chi connectivity index (χ4n) is 3.20. The molecule has 10 nitrogen and oxygen atoms in total. The Bertz CT molecular complexity index is 1410. The van der Waals surface area contributed by atoms with Gasteiger partial charge in [0, 0.05) is 65.9 Å². The number of carbonyl (C=O) groups excluding carboxylic acids is 2. The van der Waals surface area contributed by atoms with Crippen molar-refractivity contribution in [2.75, 3.05) is 12.4 Å². The Kier molecular flexibility index (Phi) is 6.31. The lowest BCUT2D eigenvalue weighted by Crippen LogP contribution is -2.18. The smallest absolute Gasteiger partial charge is 0.270 e. The summed E-state index contributed by atoms with van der Waals surface area (Å²) in [7, 11) is 1.52. The first kappa shape index (κ1) is 22.2. The van der Waals surface area contributed by atoms with Gasteiger partial charge in [0.2, 0.25) is 5.91 Å². The van der Waals surface area contributed by atoms with E-state index >= 15 is 0 Å². The van der Waals surface area contributed by atoms with E-state index in [2.05, 4.69) is 20.6 Å². The Morgan fingerprint density at radius 3 is 2.62 bits per heavy atom. The van der Waals surface area contributed by atoms with Gasteiger partial charge in [0.1, 0.15) is 17.2 Å². The quantitative estimate of drug-likeness (QED) is 0.215. The summed E-state index contributed by atoms with van der Waals surface area (Å²) in [5.74, 6) is 0.287. The number of H-pyrrole nitrogens is 1. The number of nitro groups is 1. The Balaban J connectivity index is 1.40. The van der Waals surface area contributed by atoms with Gasteiger partial charge in [-0.15, -0.1) is 0 Å². The maximum Gasteiger partial charge on any atom is 0.270 e. The van der Waals surface area contributed by atoms with Crippen molar-refractivity contribution in [2.45, 2.75) is 0 Å². The molecule has 10 heteroatoms. The van der Waals surface area contributed by atoms with Gasteiger partial charge in [-0.3, -0.25) is 24.7 Å². The highest BCUT2D eigenvalue weighted by Crippen LogP contribution is 2.25. The van der Waals surface area contributed by atoms with Crippen LogP contribution < -0.4 is 15.4 Å². The van der Waals surface area contributed by atoms with Gasteiger partial charge in [-0.2, -0.15) is 0 Å². The summed E-state index contributed by atoms with van der Waals surface area (Å²) in [5, 5.41) is 16.9. The highest BCUT2D eigenvalue weighted by atomic mass is 16.6. The third kappa shape index (κ3) is 5.07. The number of nitro benzene ring substituents is 1. The number of pyridine rings is 1. The molecule has 0 spiro atoms. The van der Waals surface area contributed by atoms with Gasteiger partial charge in [0.25, 0.3) is 11.6 Å². The van der Waals surface area contributed by atoms with Crippen molar-refractivity contribution in [1.29, 1.82) is 0 Å². The molecule has 2 aromatic carbocycles. The van der Waals surface area contributed by atoms with E-state index in [0.717, 1.165) is 5.52 Å². The number of non-ortho nitro benzene ring substituents is 1. The lowest BCUT2D eigenvalue weighted by Gasteiger charge is -2.08. The average molecular weight is 457 g/mol. The Hall–Kier alpha value is -4.99. The molecule has 0 aliphatic carbocycles. The van der Waals surface area contributed by atoms with Crippen LogP contribution in [0.25, 0.3) is 17.0 Å². The topological polar surface area (TPSA) is 139 Å². The van der Waals surface area contributed by atoms with Gasteiger partial charge in [0.05, 0.1) is 4.92 Å². The predicted molar refractivity (Wildman–Crippen MR) is 127 cm³/mol. The number of anilines is 1. The number of rotatable bonds is 7. The first-order valence-electron chi connectivity index (χ1n) is 10.1. The molecule has 170 valence electrons. The van der Waals surface area contributed by atoms with Gasteiger partial charge >= 0.3 is 0 Å². The maximum atomic E-state index is 12.3. The number of ether oxygens (including phenoxy) is 1. The molecular weight excluding hydrogens is 438 g/mol. The first-order chi connectivity index (χ1) is 16.4. The maximum absolute atomic E-state index is 12.3. The molecule has 0 fully saturated rings. The van der Waals surface area contributed by atoms with Crippen molar-refractivity contribution in [3.63, 3.8) is 0 Å². The van der Waals surface area contributed by atoms with Crippen molar-refractivity contribution in [1.82, 2.24) is 15.3 Å². The molecule has 0 saturated heterocycles. The number of nitrogens with zero attached hydrogens (tertiary/aromatic N) is 2. The standard InChI is InChI=1S/C24H19N5O5/c1-25-24(31)22-13-19(10-11-26-22)34-18-6-3-16(4-7-18)28-23(30)9-2-15-14-27-21-8-5-17(29(32)33)12-20(15)21/h2-14,27H,1H3,(H,25,31)(H,28,30). The monoisotopic (exact) mass is 457 g/mol. The van der Waals surface area contributed by atoms with Crippen LogP contribution in [0.3, 0.4) is 0 Å². The molecular formula is C24H19N5O5. The minimum Gasteiger partial charge on any atom is -0.457 e. The van der Waals surface area contributed by atoms with E-state index in [1.807, 2.05) is 0 Å². The number of benzene rings is 2. The predicted octanol–water partition coefficient (Wildman–Crippen LogP) is 4.27. The summed E-state index contributed by atoms with van der Waals surface area (Å²) >= 11 is 0. The number of amides is 2. The molecule has 0 aliphatic rings. The molecule has 3 N–H and O–H groups in total. The molecule has 2 amide bonds. The normalized spacial score (nSPS) is 10.9. The van der Waals surface area contributed by atoms with Crippen molar-refractivity contribution in [3.8, 4) is 11.5 Å². The number of nitrogens with one attached hydrogen (secondary N) is 3. The van der Waals surface area contributed by atoms with Crippen molar-refractivity contribution < 1.29 is 19.2 Å². The zero-order valence-electron chi connectivity index (χ0n) is 17.9. The van der Waals surface area contributed by atoms with Gasteiger partial charge < -0.3 is 20.4 Å². The molecule has 0 radical (unpaired) electrons. The van der Waals surface area contributed by atoms with Crippen LogP contribution in [0.4, 0.5) is 11.4 Å².